The van der Waals surface area contributed by atoms with Crippen LogP contribution in [0.2, 0.25) is 0 Å². The second kappa shape index (κ2) is 3.97. The Balaban J connectivity index is 2.11. The van der Waals surface area contributed by atoms with Gasteiger partial charge in [0.15, 0.2) is 0 Å². The lowest BCUT2D eigenvalue weighted by atomic mass is 9.96. The smallest absolute Gasteiger partial charge is 0.0799 e. The average molecular weight is 207 g/mol. The lowest BCUT2D eigenvalue weighted by Crippen LogP contribution is -2.29. The summed E-state index contributed by atoms with van der Waals surface area (Å²) in [7, 11) is 1.98. The van der Waals surface area contributed by atoms with E-state index in [2.05, 4.69) is 30.3 Å². The maximum atomic E-state index is 4.52. The molecule has 0 spiro atoms. The Morgan fingerprint density at radius 3 is 2.80 bits per heavy atom. The highest BCUT2D eigenvalue weighted by Gasteiger charge is 2.46. The average Bonchev–Trinajstić information content (AvgIpc) is 2.79. The fraction of sp³-hybridized carbons (Fsp3) is 0.750. The first-order chi connectivity index (χ1) is 7.15. The summed E-state index contributed by atoms with van der Waals surface area (Å²) in [6, 6.07) is 2.58. The molecule has 0 saturated heterocycles. The van der Waals surface area contributed by atoms with Crippen LogP contribution < -0.4 is 5.32 Å². The number of nitrogens with zero attached hydrogens (tertiary/aromatic N) is 2. The Kier molecular flexibility index (Phi) is 2.83. The quantitative estimate of drug-likeness (QED) is 0.802. The molecule has 3 heteroatoms. The van der Waals surface area contributed by atoms with Crippen molar-refractivity contribution in [2.24, 2.45) is 12.5 Å². The van der Waals surface area contributed by atoms with Gasteiger partial charge in [-0.3, -0.25) is 4.68 Å². The molecule has 1 aromatic rings. The van der Waals surface area contributed by atoms with E-state index >= 15 is 0 Å². The number of nitrogens with one attached hydrogen (secondary N) is 1. The molecule has 1 saturated carbocycles. The van der Waals surface area contributed by atoms with Gasteiger partial charge in [-0.2, -0.15) is 5.10 Å². The highest BCUT2D eigenvalue weighted by atomic mass is 15.3. The first-order valence-corrected chi connectivity index (χ1v) is 5.88. The molecule has 0 radical (unpaired) electrons. The Morgan fingerprint density at radius 2 is 2.33 bits per heavy atom. The van der Waals surface area contributed by atoms with Gasteiger partial charge in [-0.25, -0.2) is 0 Å². The summed E-state index contributed by atoms with van der Waals surface area (Å²) in [5.74, 6) is 0. The zero-order chi connectivity index (χ0) is 10.9. The standard InChI is InChI=1S/C12H21N3/c1-4-8-13-11(12(2)6-7-12)10-5-9-15(3)14-10/h5,9,11,13H,4,6-8H2,1-3H3. The molecule has 1 aromatic heterocycles. The second-order valence-electron chi connectivity index (χ2n) is 4.96. The van der Waals surface area contributed by atoms with Gasteiger partial charge in [-0.05, 0) is 37.3 Å². The summed E-state index contributed by atoms with van der Waals surface area (Å²) in [4.78, 5) is 0. The molecule has 1 aliphatic carbocycles. The van der Waals surface area contributed by atoms with Gasteiger partial charge in [0.2, 0.25) is 0 Å². The summed E-state index contributed by atoms with van der Waals surface area (Å²) in [6.45, 7) is 5.64. The molecular weight excluding hydrogens is 186 g/mol. The number of aryl methyl sites for hydroxylation is 1. The van der Waals surface area contributed by atoms with Crippen molar-refractivity contribution in [3.05, 3.63) is 18.0 Å². The Hall–Kier alpha value is -0.830. The van der Waals surface area contributed by atoms with Crippen LogP contribution in [0.5, 0.6) is 0 Å². The Morgan fingerprint density at radius 1 is 1.60 bits per heavy atom. The van der Waals surface area contributed by atoms with E-state index in [1.807, 2.05) is 17.9 Å². The van der Waals surface area contributed by atoms with Crippen LogP contribution >= 0.6 is 0 Å². The van der Waals surface area contributed by atoms with Gasteiger partial charge >= 0.3 is 0 Å². The van der Waals surface area contributed by atoms with Gasteiger partial charge in [0.25, 0.3) is 0 Å². The van der Waals surface area contributed by atoms with E-state index in [0.717, 1.165) is 6.54 Å². The van der Waals surface area contributed by atoms with Crippen LogP contribution in [0.15, 0.2) is 12.3 Å². The van der Waals surface area contributed by atoms with Gasteiger partial charge in [-0.1, -0.05) is 13.8 Å². The van der Waals surface area contributed by atoms with E-state index in [1.165, 1.54) is 25.0 Å². The van der Waals surface area contributed by atoms with Crippen molar-refractivity contribution in [1.82, 2.24) is 15.1 Å². The molecule has 1 aliphatic rings. The highest BCUT2D eigenvalue weighted by molar-refractivity contribution is 5.14. The summed E-state index contributed by atoms with van der Waals surface area (Å²) < 4.78 is 1.89. The van der Waals surface area contributed by atoms with E-state index in [9.17, 15) is 0 Å². The van der Waals surface area contributed by atoms with Gasteiger partial charge in [-0.15, -0.1) is 0 Å². The van der Waals surface area contributed by atoms with Crippen LogP contribution in [-0.2, 0) is 7.05 Å². The molecule has 0 aliphatic heterocycles. The van der Waals surface area contributed by atoms with Crippen LogP contribution in [0.4, 0.5) is 0 Å². The fourth-order valence-electron chi connectivity index (χ4n) is 2.07. The third-order valence-corrected chi connectivity index (χ3v) is 3.36. The van der Waals surface area contributed by atoms with Gasteiger partial charge in [0, 0.05) is 13.2 Å². The Bertz CT molecular complexity index is 325. The third-order valence-electron chi connectivity index (χ3n) is 3.36. The van der Waals surface area contributed by atoms with Crippen molar-refractivity contribution in [3.8, 4) is 0 Å². The number of rotatable bonds is 5. The molecule has 3 nitrogen and oxygen atoms in total. The van der Waals surface area contributed by atoms with Crippen LogP contribution in [0.1, 0.15) is 44.8 Å². The molecule has 2 rings (SSSR count). The highest BCUT2D eigenvalue weighted by Crippen LogP contribution is 2.54. The molecule has 1 heterocycles. The molecule has 0 aromatic carbocycles. The van der Waals surface area contributed by atoms with Crippen molar-refractivity contribution in [3.63, 3.8) is 0 Å². The van der Waals surface area contributed by atoms with Crippen LogP contribution in [0.25, 0.3) is 0 Å². The topological polar surface area (TPSA) is 29.9 Å². The Labute approximate surface area is 91.9 Å². The van der Waals surface area contributed by atoms with Crippen molar-refractivity contribution in [1.29, 1.82) is 0 Å². The lowest BCUT2D eigenvalue weighted by Gasteiger charge is -2.23. The minimum Gasteiger partial charge on any atom is -0.308 e. The molecule has 1 atom stereocenters. The summed E-state index contributed by atoms with van der Waals surface area (Å²) >= 11 is 0. The minimum absolute atomic E-state index is 0.443. The van der Waals surface area contributed by atoms with Crippen LogP contribution in [0.3, 0.4) is 0 Å². The first kappa shape index (κ1) is 10.7. The molecule has 84 valence electrons. The SMILES string of the molecule is CCCNC(c1ccn(C)n1)C1(C)CC1. The first-order valence-electron chi connectivity index (χ1n) is 5.88. The van der Waals surface area contributed by atoms with Crippen LogP contribution in [0, 0.1) is 5.41 Å². The van der Waals surface area contributed by atoms with E-state index in [1.54, 1.807) is 0 Å². The summed E-state index contributed by atoms with van der Waals surface area (Å²) in [6.07, 6.45) is 5.86. The minimum atomic E-state index is 0.443. The van der Waals surface area contributed by atoms with Crippen LogP contribution in [-0.4, -0.2) is 16.3 Å². The predicted molar refractivity (Wildman–Crippen MR) is 61.6 cm³/mol. The number of hydrogen-bond donors (Lipinski definition) is 1. The van der Waals surface area contributed by atoms with E-state index in [4.69, 9.17) is 0 Å². The summed E-state index contributed by atoms with van der Waals surface area (Å²) in [5.41, 5.74) is 1.65. The molecule has 0 bridgehead atoms. The molecular formula is C12H21N3. The third kappa shape index (κ3) is 2.23. The van der Waals surface area contributed by atoms with Crippen molar-refractivity contribution in [2.75, 3.05) is 6.54 Å². The molecule has 1 unspecified atom stereocenters. The lowest BCUT2D eigenvalue weighted by molar-refractivity contribution is 0.357. The maximum absolute atomic E-state index is 4.52. The molecule has 1 N–H and O–H groups in total. The van der Waals surface area contributed by atoms with Gasteiger partial charge < -0.3 is 5.32 Å². The molecule has 15 heavy (non-hydrogen) atoms. The maximum Gasteiger partial charge on any atom is 0.0799 e. The van der Waals surface area contributed by atoms with E-state index < -0.39 is 0 Å². The van der Waals surface area contributed by atoms with Crippen molar-refractivity contribution >= 4 is 0 Å². The van der Waals surface area contributed by atoms with Crippen molar-refractivity contribution < 1.29 is 0 Å². The fourth-order valence-corrected chi connectivity index (χ4v) is 2.07. The zero-order valence-electron chi connectivity index (χ0n) is 9.95. The summed E-state index contributed by atoms with van der Waals surface area (Å²) in [5, 5.41) is 8.15. The number of aromatic nitrogens is 2. The van der Waals surface area contributed by atoms with Crippen molar-refractivity contribution in [2.45, 2.75) is 39.2 Å². The van der Waals surface area contributed by atoms with E-state index in [0.29, 0.717) is 11.5 Å². The monoisotopic (exact) mass is 207 g/mol. The predicted octanol–water partition coefficient (Wildman–Crippen LogP) is 2.26. The van der Waals surface area contributed by atoms with Gasteiger partial charge in [0.1, 0.15) is 0 Å². The largest absolute Gasteiger partial charge is 0.308 e. The zero-order valence-corrected chi connectivity index (χ0v) is 9.95. The van der Waals surface area contributed by atoms with E-state index in [-0.39, 0.29) is 0 Å². The van der Waals surface area contributed by atoms with Gasteiger partial charge in [0.05, 0.1) is 11.7 Å². The molecule has 1 fully saturated rings. The number of hydrogen-bond acceptors (Lipinski definition) is 2. The normalized spacial score (nSPS) is 20.2. The molecule has 0 amide bonds. The second-order valence-corrected chi connectivity index (χ2v) is 4.96.